The molecule has 2 aromatic rings. The lowest BCUT2D eigenvalue weighted by atomic mass is 9.99. The molecule has 0 bridgehead atoms. The molecule has 1 amide bonds. The minimum atomic E-state index is -1.02. The highest BCUT2D eigenvalue weighted by Crippen LogP contribution is 2.14. The van der Waals surface area contributed by atoms with Crippen molar-refractivity contribution < 1.29 is 14.7 Å². The van der Waals surface area contributed by atoms with Crippen LogP contribution in [0.25, 0.3) is 10.9 Å². The molecule has 0 aliphatic heterocycles. The molecule has 0 aliphatic carbocycles. The Morgan fingerprint density at radius 1 is 1.45 bits per heavy atom. The van der Waals surface area contributed by atoms with E-state index >= 15 is 0 Å². The van der Waals surface area contributed by atoms with Gasteiger partial charge < -0.3 is 10.4 Å². The van der Waals surface area contributed by atoms with Gasteiger partial charge in [0, 0.05) is 10.9 Å². The van der Waals surface area contributed by atoms with E-state index in [1.54, 1.807) is 31.3 Å². The fourth-order valence-electron chi connectivity index (χ4n) is 1.99. The number of aromatic nitrogens is 2. The maximum atomic E-state index is 12.1. The van der Waals surface area contributed by atoms with E-state index in [0.717, 1.165) is 10.9 Å². The summed E-state index contributed by atoms with van der Waals surface area (Å²) in [5, 5.41) is 19.3. The van der Waals surface area contributed by atoms with E-state index in [4.69, 9.17) is 0 Å². The molecule has 2 rings (SSSR count). The molecule has 0 saturated carbocycles. The largest absolute Gasteiger partial charge is 0.480 e. The molecule has 6 heteroatoms. The van der Waals surface area contributed by atoms with Crippen LogP contribution < -0.4 is 5.32 Å². The molecule has 1 aromatic carbocycles. The van der Waals surface area contributed by atoms with Crippen molar-refractivity contribution >= 4 is 22.8 Å². The highest BCUT2D eigenvalue weighted by molar-refractivity contribution is 5.99. The van der Waals surface area contributed by atoms with Crippen molar-refractivity contribution in [2.24, 2.45) is 5.92 Å². The summed E-state index contributed by atoms with van der Waals surface area (Å²) in [5.74, 6) is -1.54. The van der Waals surface area contributed by atoms with Crippen LogP contribution in [0.3, 0.4) is 0 Å². The third-order valence-electron chi connectivity index (χ3n) is 3.47. The van der Waals surface area contributed by atoms with E-state index in [2.05, 4.69) is 15.5 Å². The van der Waals surface area contributed by atoms with E-state index in [-0.39, 0.29) is 5.92 Å². The minimum absolute atomic E-state index is 0.132. The molecule has 2 atom stereocenters. The first kappa shape index (κ1) is 14.0. The third-order valence-corrected chi connectivity index (χ3v) is 3.47. The summed E-state index contributed by atoms with van der Waals surface area (Å²) in [4.78, 5) is 23.3. The number of carboxylic acid groups (broad SMARTS) is 1. The molecular weight excluding hydrogens is 258 g/mol. The number of carbonyl (C=O) groups is 2. The summed E-state index contributed by atoms with van der Waals surface area (Å²) in [6.07, 6.45) is 2.34. The quantitative estimate of drug-likeness (QED) is 0.775. The van der Waals surface area contributed by atoms with Gasteiger partial charge in [0.15, 0.2) is 0 Å². The molecule has 0 radical (unpaired) electrons. The number of benzene rings is 1. The number of aromatic amines is 1. The zero-order valence-corrected chi connectivity index (χ0v) is 11.4. The topological polar surface area (TPSA) is 95.1 Å². The number of carboxylic acids is 1. The van der Waals surface area contributed by atoms with E-state index in [1.165, 1.54) is 0 Å². The second kappa shape index (κ2) is 5.73. The number of hydrogen-bond donors (Lipinski definition) is 3. The first-order valence-electron chi connectivity index (χ1n) is 6.49. The molecule has 0 spiro atoms. The SMILES string of the molecule is CCC(C)C(NC(=O)c1ccc2cn[nH]c2c1)C(=O)O. The van der Waals surface area contributed by atoms with Crippen molar-refractivity contribution in [3.63, 3.8) is 0 Å². The normalized spacial score (nSPS) is 13.9. The lowest BCUT2D eigenvalue weighted by Crippen LogP contribution is -2.45. The molecule has 0 aliphatic rings. The maximum Gasteiger partial charge on any atom is 0.326 e. The fourth-order valence-corrected chi connectivity index (χ4v) is 1.99. The number of H-pyrrole nitrogens is 1. The van der Waals surface area contributed by atoms with E-state index in [0.29, 0.717) is 12.0 Å². The standard InChI is InChI=1S/C14H17N3O3/c1-3-8(2)12(14(19)20)16-13(18)9-4-5-10-7-15-17-11(10)6-9/h4-8,12H,3H2,1-2H3,(H,15,17)(H,16,18)(H,19,20). The van der Waals surface area contributed by atoms with Crippen LogP contribution in [0, 0.1) is 5.92 Å². The lowest BCUT2D eigenvalue weighted by Gasteiger charge is -2.20. The number of aliphatic carboxylic acids is 1. The summed E-state index contributed by atoms with van der Waals surface area (Å²) in [6.45, 7) is 3.70. The minimum Gasteiger partial charge on any atom is -0.480 e. The Bertz CT molecular complexity index is 635. The van der Waals surface area contributed by atoms with E-state index in [1.807, 2.05) is 6.92 Å². The van der Waals surface area contributed by atoms with Gasteiger partial charge in [-0.25, -0.2) is 4.79 Å². The van der Waals surface area contributed by atoms with E-state index < -0.39 is 17.9 Å². The number of fused-ring (bicyclic) bond motifs is 1. The zero-order valence-electron chi connectivity index (χ0n) is 11.4. The highest BCUT2D eigenvalue weighted by atomic mass is 16.4. The number of amides is 1. The van der Waals surface area contributed by atoms with Crippen LogP contribution in [0.4, 0.5) is 0 Å². The van der Waals surface area contributed by atoms with E-state index in [9.17, 15) is 14.7 Å². The fraction of sp³-hybridized carbons (Fsp3) is 0.357. The van der Waals surface area contributed by atoms with Gasteiger partial charge in [-0.3, -0.25) is 9.89 Å². The molecular formula is C14H17N3O3. The Labute approximate surface area is 116 Å². The Hall–Kier alpha value is -2.37. The Morgan fingerprint density at radius 3 is 2.85 bits per heavy atom. The average molecular weight is 275 g/mol. The predicted octanol–water partition coefficient (Wildman–Crippen LogP) is 1.79. The summed E-state index contributed by atoms with van der Waals surface area (Å²) in [5.41, 5.74) is 1.16. The van der Waals surface area contributed by atoms with Crippen molar-refractivity contribution in [1.29, 1.82) is 0 Å². The van der Waals surface area contributed by atoms with Crippen LogP contribution in [0.5, 0.6) is 0 Å². The highest BCUT2D eigenvalue weighted by Gasteiger charge is 2.25. The van der Waals surface area contributed by atoms with Gasteiger partial charge in [0.05, 0.1) is 11.7 Å². The number of rotatable bonds is 5. The van der Waals surface area contributed by atoms with Crippen LogP contribution in [-0.2, 0) is 4.79 Å². The molecule has 0 saturated heterocycles. The van der Waals surface area contributed by atoms with Gasteiger partial charge in [-0.05, 0) is 18.1 Å². The Balaban J connectivity index is 2.19. The van der Waals surface area contributed by atoms with Crippen molar-refractivity contribution in [2.45, 2.75) is 26.3 Å². The molecule has 20 heavy (non-hydrogen) atoms. The molecule has 6 nitrogen and oxygen atoms in total. The average Bonchev–Trinajstić information content (AvgIpc) is 2.90. The monoisotopic (exact) mass is 275 g/mol. The van der Waals surface area contributed by atoms with Gasteiger partial charge in [-0.15, -0.1) is 0 Å². The Morgan fingerprint density at radius 2 is 2.20 bits per heavy atom. The molecule has 0 fully saturated rings. The van der Waals surface area contributed by atoms with Gasteiger partial charge in [0.25, 0.3) is 5.91 Å². The molecule has 1 heterocycles. The zero-order chi connectivity index (χ0) is 14.7. The van der Waals surface area contributed by atoms with Gasteiger partial charge in [-0.2, -0.15) is 5.10 Å². The number of hydrogen-bond acceptors (Lipinski definition) is 3. The van der Waals surface area contributed by atoms with Gasteiger partial charge in [0.2, 0.25) is 0 Å². The first-order chi connectivity index (χ1) is 9.52. The molecule has 3 N–H and O–H groups in total. The molecule has 106 valence electrons. The number of nitrogens with zero attached hydrogens (tertiary/aromatic N) is 1. The van der Waals surface area contributed by atoms with Crippen LogP contribution in [0.1, 0.15) is 30.6 Å². The smallest absolute Gasteiger partial charge is 0.326 e. The van der Waals surface area contributed by atoms with Crippen LogP contribution in [0.15, 0.2) is 24.4 Å². The van der Waals surface area contributed by atoms with Crippen molar-refractivity contribution in [1.82, 2.24) is 15.5 Å². The summed E-state index contributed by atoms with van der Waals surface area (Å²) >= 11 is 0. The van der Waals surface area contributed by atoms with Gasteiger partial charge >= 0.3 is 5.97 Å². The van der Waals surface area contributed by atoms with Crippen LogP contribution >= 0.6 is 0 Å². The lowest BCUT2D eigenvalue weighted by molar-refractivity contribution is -0.140. The molecule has 2 unspecified atom stereocenters. The predicted molar refractivity (Wildman–Crippen MR) is 74.4 cm³/mol. The van der Waals surface area contributed by atoms with Crippen LogP contribution in [0.2, 0.25) is 0 Å². The second-order valence-electron chi connectivity index (χ2n) is 4.85. The van der Waals surface area contributed by atoms with Crippen molar-refractivity contribution in [2.75, 3.05) is 0 Å². The van der Waals surface area contributed by atoms with Gasteiger partial charge in [0.1, 0.15) is 6.04 Å². The van der Waals surface area contributed by atoms with Gasteiger partial charge in [-0.1, -0.05) is 26.3 Å². The third kappa shape index (κ3) is 2.79. The van der Waals surface area contributed by atoms with Crippen molar-refractivity contribution in [3.05, 3.63) is 30.0 Å². The maximum absolute atomic E-state index is 12.1. The second-order valence-corrected chi connectivity index (χ2v) is 4.85. The Kier molecular flexibility index (Phi) is 4.02. The number of nitrogens with one attached hydrogen (secondary N) is 2. The molecule has 1 aromatic heterocycles. The summed E-state index contributed by atoms with van der Waals surface area (Å²) in [6, 6.07) is 4.20. The van der Waals surface area contributed by atoms with Crippen molar-refractivity contribution in [3.8, 4) is 0 Å². The summed E-state index contributed by atoms with van der Waals surface area (Å²) in [7, 11) is 0. The van der Waals surface area contributed by atoms with Crippen LogP contribution in [-0.4, -0.2) is 33.2 Å². The first-order valence-corrected chi connectivity index (χ1v) is 6.49. The summed E-state index contributed by atoms with van der Waals surface area (Å²) < 4.78 is 0. The number of carbonyl (C=O) groups excluding carboxylic acids is 1.